The smallest absolute Gasteiger partial charge is 0.326 e. The average Bonchev–Trinajstić information content (AvgIpc) is 3.60. The van der Waals surface area contributed by atoms with Gasteiger partial charge < -0.3 is 69.7 Å². The van der Waals surface area contributed by atoms with Crippen LogP contribution in [0.4, 0.5) is 0 Å². The molecule has 1 heterocycles. The minimum Gasteiger partial charge on any atom is -0.480 e. The van der Waals surface area contributed by atoms with Gasteiger partial charge in [-0.25, -0.2) is 4.79 Å². The van der Waals surface area contributed by atoms with Crippen molar-refractivity contribution in [2.75, 3.05) is 19.7 Å². The van der Waals surface area contributed by atoms with Gasteiger partial charge in [0.25, 0.3) is 0 Å². The van der Waals surface area contributed by atoms with E-state index in [1.54, 1.807) is 13.8 Å². The van der Waals surface area contributed by atoms with Crippen LogP contribution >= 0.6 is 0 Å². The molecule has 1 fully saturated rings. The van der Waals surface area contributed by atoms with Crippen molar-refractivity contribution in [2.24, 2.45) is 39.8 Å². The molecule has 0 unspecified atom stereocenters. The van der Waals surface area contributed by atoms with Gasteiger partial charge in [-0.3, -0.25) is 38.6 Å². The van der Waals surface area contributed by atoms with E-state index in [1.165, 1.54) is 11.8 Å². The molecule has 0 aromatic carbocycles. The zero-order chi connectivity index (χ0) is 43.6. The second-order valence-corrected chi connectivity index (χ2v) is 15.0. The molecule has 1 aliphatic heterocycles. The number of primary amides is 1. The molecule has 0 aromatic rings. The predicted octanol–water partition coefficient (Wildman–Crippen LogP) is -4.40. The molecule has 0 saturated carbocycles. The van der Waals surface area contributed by atoms with E-state index in [0.717, 1.165) is 0 Å². The number of nitrogens with one attached hydrogen (secondary N) is 5. The number of hydrogen-bond donors (Lipinski definition) is 12. The second-order valence-electron chi connectivity index (χ2n) is 15.0. The van der Waals surface area contributed by atoms with Gasteiger partial charge in [0, 0.05) is 19.5 Å². The van der Waals surface area contributed by atoms with Crippen molar-refractivity contribution in [1.82, 2.24) is 31.5 Å². The van der Waals surface area contributed by atoms with E-state index < -0.39 is 102 Å². The number of rotatable bonds is 25. The van der Waals surface area contributed by atoms with Crippen LogP contribution in [0.15, 0.2) is 4.99 Å². The van der Waals surface area contributed by atoms with Gasteiger partial charge in [0.2, 0.25) is 41.4 Å². The number of aliphatic hydroxyl groups is 2. The van der Waals surface area contributed by atoms with Gasteiger partial charge in [-0.15, -0.1) is 0 Å². The van der Waals surface area contributed by atoms with Gasteiger partial charge in [0.15, 0.2) is 5.96 Å². The molecule has 1 aliphatic rings. The van der Waals surface area contributed by atoms with Crippen LogP contribution in [-0.4, -0.2) is 142 Å². The Morgan fingerprint density at radius 1 is 0.754 bits per heavy atom. The summed E-state index contributed by atoms with van der Waals surface area (Å²) in [6.45, 7) is 7.85. The fourth-order valence-corrected chi connectivity index (χ4v) is 6.07. The third-order valence-electron chi connectivity index (χ3n) is 8.97. The Bertz CT molecular complexity index is 1440. The summed E-state index contributed by atoms with van der Waals surface area (Å²) in [5.74, 6) is -7.60. The highest BCUT2D eigenvalue weighted by Crippen LogP contribution is 2.20. The molecule has 7 amide bonds. The van der Waals surface area contributed by atoms with Gasteiger partial charge in [-0.2, -0.15) is 0 Å². The number of carbonyl (C=O) groups excluding carboxylic acids is 7. The summed E-state index contributed by atoms with van der Waals surface area (Å²) in [5.41, 5.74) is 21.9. The number of nitrogens with zero attached hydrogens (tertiary/aromatic N) is 2. The molecule has 22 nitrogen and oxygen atoms in total. The molecule has 0 bridgehead atoms. The van der Waals surface area contributed by atoms with Crippen molar-refractivity contribution in [3.8, 4) is 0 Å². The molecule has 0 radical (unpaired) electrons. The number of carboxylic acid groups (broad SMARTS) is 1. The first-order chi connectivity index (χ1) is 26.6. The molecule has 0 aliphatic carbocycles. The minimum absolute atomic E-state index is 0.0188. The number of hydrogen-bond acceptors (Lipinski definition) is 12. The van der Waals surface area contributed by atoms with Crippen molar-refractivity contribution in [3.63, 3.8) is 0 Å². The number of nitrogens with two attached hydrogens (primary N) is 4. The summed E-state index contributed by atoms with van der Waals surface area (Å²) in [6, 6.07) is -9.38. The Labute approximate surface area is 332 Å². The fourth-order valence-electron chi connectivity index (χ4n) is 6.07. The maximum Gasteiger partial charge on any atom is 0.326 e. The lowest BCUT2D eigenvalue weighted by Crippen LogP contribution is -2.62. The molecule has 0 aromatic heterocycles. The minimum atomic E-state index is -1.71. The summed E-state index contributed by atoms with van der Waals surface area (Å²) in [6.07, 6.45) is -0.950. The fraction of sp³-hybridized carbons (Fsp3) is 0.743. The number of aliphatic imine (C=N–C) groups is 1. The topological polar surface area (TPSA) is 377 Å². The van der Waals surface area contributed by atoms with E-state index in [0.29, 0.717) is 12.8 Å². The van der Waals surface area contributed by atoms with E-state index in [2.05, 4.69) is 31.6 Å². The van der Waals surface area contributed by atoms with E-state index in [9.17, 15) is 53.7 Å². The molecule has 22 heteroatoms. The van der Waals surface area contributed by atoms with E-state index in [-0.39, 0.29) is 69.4 Å². The molecule has 8 atom stereocenters. The highest BCUT2D eigenvalue weighted by molar-refractivity contribution is 5.97. The van der Waals surface area contributed by atoms with Gasteiger partial charge >= 0.3 is 5.97 Å². The van der Waals surface area contributed by atoms with Crippen molar-refractivity contribution in [1.29, 1.82) is 0 Å². The molecular formula is C35H63N11O11. The lowest BCUT2D eigenvalue weighted by atomic mass is 10.0. The van der Waals surface area contributed by atoms with Crippen LogP contribution in [0.2, 0.25) is 0 Å². The molecule has 1 saturated heterocycles. The number of aliphatic carboxylic acids is 1. The Morgan fingerprint density at radius 3 is 1.84 bits per heavy atom. The third kappa shape index (κ3) is 17.7. The first-order valence-electron chi connectivity index (χ1n) is 19.0. The molecule has 16 N–H and O–H groups in total. The number of amides is 7. The van der Waals surface area contributed by atoms with Crippen molar-refractivity contribution >= 4 is 53.3 Å². The van der Waals surface area contributed by atoms with Crippen molar-refractivity contribution < 1.29 is 53.7 Å². The molecular weight excluding hydrogens is 750 g/mol. The number of likely N-dealkylation sites (tertiary alicyclic amines) is 1. The van der Waals surface area contributed by atoms with Crippen LogP contribution in [0.1, 0.15) is 86.0 Å². The number of carboxylic acids is 1. The summed E-state index contributed by atoms with van der Waals surface area (Å²) < 4.78 is 0. The van der Waals surface area contributed by atoms with Gasteiger partial charge in [-0.1, -0.05) is 27.7 Å². The average molecular weight is 814 g/mol. The van der Waals surface area contributed by atoms with Crippen LogP contribution in [-0.2, 0) is 38.4 Å². The molecule has 324 valence electrons. The molecule has 0 spiro atoms. The monoisotopic (exact) mass is 813 g/mol. The Morgan fingerprint density at radius 2 is 1.32 bits per heavy atom. The van der Waals surface area contributed by atoms with E-state index in [4.69, 9.17) is 22.9 Å². The lowest BCUT2D eigenvalue weighted by Gasteiger charge is -2.30. The number of guanidine groups is 1. The molecule has 1 rings (SSSR count). The highest BCUT2D eigenvalue weighted by atomic mass is 16.4. The maximum absolute atomic E-state index is 13.6. The van der Waals surface area contributed by atoms with Gasteiger partial charge in [0.1, 0.15) is 36.3 Å². The summed E-state index contributed by atoms with van der Waals surface area (Å²) >= 11 is 0. The first-order valence-corrected chi connectivity index (χ1v) is 19.0. The summed E-state index contributed by atoms with van der Waals surface area (Å²) in [5, 5.41) is 41.9. The Balaban J connectivity index is 3.16. The zero-order valence-corrected chi connectivity index (χ0v) is 33.4. The van der Waals surface area contributed by atoms with E-state index in [1.807, 2.05) is 13.8 Å². The number of carbonyl (C=O) groups is 8. The standard InChI is InChI=1S/C35H63N11O11/c1-17(2)14-20(36)33(55)46-13-7-9-25(46)31(53)41-21(10-11-26(37)49)28(50)45-27(19(5)48)32(54)43-23(15-18(3)4)29(51)44-24(16-47)30(52)42-22(34(56)57)8-6-12-40-35(38)39/h17-25,27,47-48H,6-16,36H2,1-5H3,(H2,37,49)(H,41,53)(H,42,52)(H,43,54)(H,44,51)(H,45,50)(H,56,57)(H4,38,39,40)/t19-,20+,21+,22+,23+,24+,25+,27+/m1/s1. The number of aliphatic hydroxyl groups excluding tert-OH is 2. The van der Waals surface area contributed by atoms with Crippen LogP contribution in [0.5, 0.6) is 0 Å². The van der Waals surface area contributed by atoms with E-state index >= 15 is 0 Å². The normalized spacial score (nSPS) is 17.6. The zero-order valence-electron chi connectivity index (χ0n) is 33.4. The van der Waals surface area contributed by atoms with Crippen molar-refractivity contribution in [3.05, 3.63) is 0 Å². The Kier molecular flexibility index (Phi) is 21.5. The molecule has 57 heavy (non-hydrogen) atoms. The van der Waals surface area contributed by atoms with Gasteiger partial charge in [-0.05, 0) is 63.7 Å². The largest absolute Gasteiger partial charge is 0.480 e. The van der Waals surface area contributed by atoms with Crippen LogP contribution in [0, 0.1) is 11.8 Å². The van der Waals surface area contributed by atoms with Gasteiger partial charge in [0.05, 0.1) is 18.8 Å². The lowest BCUT2D eigenvalue weighted by molar-refractivity contribution is -0.143. The SMILES string of the molecule is CC(C)C[C@H](NC(=O)[C@@H](NC(=O)[C@H](CCC(N)=O)NC(=O)[C@@H]1CCCN1C(=O)[C@@H](N)CC(C)C)[C@@H](C)O)C(=O)N[C@@H](CO)C(=O)N[C@@H](CCCN=C(N)N)C(=O)O. The maximum atomic E-state index is 13.6. The predicted molar refractivity (Wildman–Crippen MR) is 206 cm³/mol. The first kappa shape index (κ1) is 49.9. The summed E-state index contributed by atoms with van der Waals surface area (Å²) in [7, 11) is 0. The van der Waals surface area contributed by atoms with Crippen molar-refractivity contribution in [2.45, 2.75) is 134 Å². The van der Waals surface area contributed by atoms with Crippen LogP contribution in [0.3, 0.4) is 0 Å². The third-order valence-corrected chi connectivity index (χ3v) is 8.97. The van der Waals surface area contributed by atoms with Crippen LogP contribution < -0.4 is 49.5 Å². The second kappa shape index (κ2) is 24.5. The Hall–Kier alpha value is -5.09. The van der Waals surface area contributed by atoms with Crippen LogP contribution in [0.25, 0.3) is 0 Å². The highest BCUT2D eigenvalue weighted by Gasteiger charge is 2.39. The quantitative estimate of drug-likeness (QED) is 0.0235. The summed E-state index contributed by atoms with van der Waals surface area (Å²) in [4.78, 5) is 109.